The third-order valence-corrected chi connectivity index (χ3v) is 4.56. The lowest BCUT2D eigenvalue weighted by Gasteiger charge is -2.17. The van der Waals surface area contributed by atoms with Crippen LogP contribution in [-0.4, -0.2) is 29.8 Å². The van der Waals surface area contributed by atoms with Crippen molar-refractivity contribution in [2.45, 2.75) is 19.8 Å². The number of anilines is 1. The summed E-state index contributed by atoms with van der Waals surface area (Å²) in [5.41, 5.74) is 2.42. The molecule has 1 atom stereocenters. The standard InChI is InChI=1S/C20H21FN2O2/c1-14-7-8-17(21)12-18(14)22-20(25)16-11-19(24)23(13-16)10-9-15-5-3-2-4-6-15/h2-8,12,16H,9-11,13H2,1H3,(H,22,25)/t16-/m0/s1. The first-order chi connectivity index (χ1) is 12.0. The van der Waals surface area contributed by atoms with Gasteiger partial charge in [0.05, 0.1) is 5.92 Å². The molecule has 1 heterocycles. The van der Waals surface area contributed by atoms with Crippen molar-refractivity contribution in [3.63, 3.8) is 0 Å². The number of amides is 2. The quantitative estimate of drug-likeness (QED) is 0.909. The molecule has 2 aromatic carbocycles. The van der Waals surface area contributed by atoms with E-state index in [1.54, 1.807) is 17.9 Å². The number of hydrogen-bond donors (Lipinski definition) is 1. The van der Waals surface area contributed by atoms with Crippen LogP contribution in [0.3, 0.4) is 0 Å². The molecule has 1 aliphatic heterocycles. The van der Waals surface area contributed by atoms with Crippen molar-refractivity contribution >= 4 is 17.5 Å². The molecule has 0 radical (unpaired) electrons. The van der Waals surface area contributed by atoms with Gasteiger partial charge in [0.2, 0.25) is 11.8 Å². The van der Waals surface area contributed by atoms with Crippen LogP contribution in [0.2, 0.25) is 0 Å². The van der Waals surface area contributed by atoms with Gasteiger partial charge in [0.1, 0.15) is 5.82 Å². The number of aryl methyl sites for hydroxylation is 1. The second kappa shape index (κ2) is 7.47. The molecule has 3 rings (SSSR count). The largest absolute Gasteiger partial charge is 0.342 e. The lowest BCUT2D eigenvalue weighted by Crippen LogP contribution is -2.30. The average Bonchev–Trinajstić information content (AvgIpc) is 2.98. The van der Waals surface area contributed by atoms with E-state index in [9.17, 15) is 14.0 Å². The monoisotopic (exact) mass is 340 g/mol. The Morgan fingerprint density at radius 1 is 1.24 bits per heavy atom. The number of halogens is 1. The van der Waals surface area contributed by atoms with Gasteiger partial charge in [-0.05, 0) is 36.6 Å². The first-order valence-electron chi connectivity index (χ1n) is 8.41. The van der Waals surface area contributed by atoms with Gasteiger partial charge in [0.25, 0.3) is 0 Å². The van der Waals surface area contributed by atoms with Crippen LogP contribution in [0.15, 0.2) is 48.5 Å². The van der Waals surface area contributed by atoms with Crippen molar-refractivity contribution in [3.8, 4) is 0 Å². The molecule has 1 fully saturated rings. The smallest absolute Gasteiger partial charge is 0.229 e. The highest BCUT2D eigenvalue weighted by Crippen LogP contribution is 2.22. The summed E-state index contributed by atoms with van der Waals surface area (Å²) < 4.78 is 13.3. The van der Waals surface area contributed by atoms with Crippen LogP contribution in [0.1, 0.15) is 17.5 Å². The van der Waals surface area contributed by atoms with Crippen LogP contribution in [0.25, 0.3) is 0 Å². The van der Waals surface area contributed by atoms with E-state index >= 15 is 0 Å². The third kappa shape index (κ3) is 4.24. The molecule has 2 aromatic rings. The molecular weight excluding hydrogens is 319 g/mol. The molecule has 0 unspecified atom stereocenters. The average molecular weight is 340 g/mol. The Morgan fingerprint density at radius 3 is 2.76 bits per heavy atom. The third-order valence-electron chi connectivity index (χ3n) is 4.56. The van der Waals surface area contributed by atoms with Gasteiger partial charge in [-0.2, -0.15) is 0 Å². The van der Waals surface area contributed by atoms with E-state index in [1.165, 1.54) is 17.7 Å². The molecule has 5 heteroatoms. The zero-order chi connectivity index (χ0) is 17.8. The summed E-state index contributed by atoms with van der Waals surface area (Å²) in [5, 5.41) is 2.75. The van der Waals surface area contributed by atoms with Crippen LogP contribution in [-0.2, 0) is 16.0 Å². The molecule has 1 N–H and O–H groups in total. The minimum atomic E-state index is -0.397. The van der Waals surface area contributed by atoms with Crippen LogP contribution in [0.5, 0.6) is 0 Å². The first-order valence-corrected chi connectivity index (χ1v) is 8.41. The topological polar surface area (TPSA) is 49.4 Å². The highest BCUT2D eigenvalue weighted by atomic mass is 19.1. The second-order valence-electron chi connectivity index (χ2n) is 6.42. The van der Waals surface area contributed by atoms with Crippen molar-refractivity contribution in [2.75, 3.05) is 18.4 Å². The predicted octanol–water partition coefficient (Wildman–Crippen LogP) is 3.16. The van der Waals surface area contributed by atoms with E-state index < -0.39 is 11.7 Å². The maximum atomic E-state index is 13.3. The van der Waals surface area contributed by atoms with Crippen LogP contribution in [0, 0.1) is 18.7 Å². The van der Waals surface area contributed by atoms with Gasteiger partial charge >= 0.3 is 0 Å². The predicted molar refractivity (Wildman–Crippen MR) is 94.6 cm³/mol. The maximum Gasteiger partial charge on any atom is 0.229 e. The van der Waals surface area contributed by atoms with Crippen LogP contribution >= 0.6 is 0 Å². The van der Waals surface area contributed by atoms with E-state index in [2.05, 4.69) is 5.32 Å². The van der Waals surface area contributed by atoms with Gasteiger partial charge in [-0.15, -0.1) is 0 Å². The van der Waals surface area contributed by atoms with E-state index in [4.69, 9.17) is 0 Å². The fourth-order valence-corrected chi connectivity index (χ4v) is 3.04. The van der Waals surface area contributed by atoms with E-state index in [1.807, 2.05) is 30.3 Å². The summed E-state index contributed by atoms with van der Waals surface area (Å²) in [5.74, 6) is -1.03. The maximum absolute atomic E-state index is 13.3. The molecule has 0 saturated carbocycles. The molecule has 0 bridgehead atoms. The summed E-state index contributed by atoms with van der Waals surface area (Å²) in [7, 11) is 0. The summed E-state index contributed by atoms with van der Waals surface area (Å²) >= 11 is 0. The number of carbonyl (C=O) groups is 2. The number of nitrogens with zero attached hydrogens (tertiary/aromatic N) is 1. The van der Waals surface area contributed by atoms with Crippen molar-refractivity contribution < 1.29 is 14.0 Å². The number of rotatable bonds is 5. The van der Waals surface area contributed by atoms with E-state index in [-0.39, 0.29) is 18.2 Å². The highest BCUT2D eigenvalue weighted by Gasteiger charge is 2.34. The first kappa shape index (κ1) is 17.1. The number of nitrogens with one attached hydrogen (secondary N) is 1. The van der Waals surface area contributed by atoms with Crippen molar-refractivity contribution in [2.24, 2.45) is 5.92 Å². The van der Waals surface area contributed by atoms with Gasteiger partial charge in [-0.25, -0.2) is 4.39 Å². The van der Waals surface area contributed by atoms with E-state index in [0.29, 0.717) is 18.8 Å². The minimum Gasteiger partial charge on any atom is -0.342 e. The Bertz CT molecular complexity index is 777. The molecular formula is C20H21FN2O2. The molecule has 1 aliphatic rings. The zero-order valence-corrected chi connectivity index (χ0v) is 14.2. The van der Waals surface area contributed by atoms with Crippen LogP contribution < -0.4 is 5.32 Å². The Labute approximate surface area is 146 Å². The molecule has 0 aliphatic carbocycles. The number of carbonyl (C=O) groups excluding carboxylic acids is 2. The van der Waals surface area contributed by atoms with E-state index in [0.717, 1.165) is 12.0 Å². The van der Waals surface area contributed by atoms with Crippen molar-refractivity contribution in [1.29, 1.82) is 0 Å². The second-order valence-corrected chi connectivity index (χ2v) is 6.42. The lowest BCUT2D eigenvalue weighted by atomic mass is 10.1. The molecule has 1 saturated heterocycles. The number of likely N-dealkylation sites (tertiary alicyclic amines) is 1. The van der Waals surface area contributed by atoms with Gasteiger partial charge in [-0.3, -0.25) is 9.59 Å². The Hall–Kier alpha value is -2.69. The van der Waals surface area contributed by atoms with Crippen molar-refractivity contribution in [1.82, 2.24) is 4.90 Å². The molecule has 25 heavy (non-hydrogen) atoms. The van der Waals surface area contributed by atoms with Gasteiger partial charge in [0.15, 0.2) is 0 Å². The Morgan fingerprint density at radius 2 is 2.00 bits per heavy atom. The highest BCUT2D eigenvalue weighted by molar-refractivity contribution is 5.97. The minimum absolute atomic E-state index is 0.00737. The van der Waals surface area contributed by atoms with Gasteiger partial charge < -0.3 is 10.2 Å². The van der Waals surface area contributed by atoms with Gasteiger partial charge in [0, 0.05) is 25.2 Å². The zero-order valence-electron chi connectivity index (χ0n) is 14.2. The molecule has 2 amide bonds. The molecule has 4 nitrogen and oxygen atoms in total. The fraction of sp³-hybridized carbons (Fsp3) is 0.300. The van der Waals surface area contributed by atoms with Crippen LogP contribution in [0.4, 0.5) is 10.1 Å². The summed E-state index contributed by atoms with van der Waals surface area (Å²) in [4.78, 5) is 26.3. The lowest BCUT2D eigenvalue weighted by molar-refractivity contribution is -0.128. The summed E-state index contributed by atoms with van der Waals surface area (Å²) in [6.07, 6.45) is 0.971. The van der Waals surface area contributed by atoms with Gasteiger partial charge in [-0.1, -0.05) is 36.4 Å². The SMILES string of the molecule is Cc1ccc(F)cc1NC(=O)[C@H]1CC(=O)N(CCc2ccccc2)C1. The Kier molecular flexibility index (Phi) is 5.12. The fourth-order valence-electron chi connectivity index (χ4n) is 3.04. The van der Waals surface area contributed by atoms with Crippen molar-refractivity contribution in [3.05, 3.63) is 65.5 Å². The summed E-state index contributed by atoms with van der Waals surface area (Å²) in [6, 6.07) is 14.2. The number of benzene rings is 2. The Balaban J connectivity index is 1.58. The molecule has 0 spiro atoms. The molecule has 130 valence electrons. The summed E-state index contributed by atoms with van der Waals surface area (Å²) in [6.45, 7) is 2.82. The normalized spacial score (nSPS) is 17.0. The number of hydrogen-bond acceptors (Lipinski definition) is 2. The molecule has 0 aromatic heterocycles.